The fraction of sp³-hybridized carbons (Fsp3) is 0.333. The molecule has 0 radical (unpaired) electrons. The average Bonchev–Trinajstić information content (AvgIpc) is 2.87. The predicted octanol–water partition coefficient (Wildman–Crippen LogP) is 1.92. The van der Waals surface area contributed by atoms with Gasteiger partial charge in [-0.15, -0.1) is 0 Å². The van der Waals surface area contributed by atoms with Gasteiger partial charge in [-0.1, -0.05) is 12.1 Å². The number of hydrogen-bond acceptors (Lipinski definition) is 4. The summed E-state index contributed by atoms with van der Waals surface area (Å²) in [5, 5.41) is 17.2. The van der Waals surface area contributed by atoms with E-state index in [9.17, 15) is 14.9 Å². The van der Waals surface area contributed by atoms with Gasteiger partial charge in [0.05, 0.1) is 17.0 Å². The van der Waals surface area contributed by atoms with E-state index in [1.54, 1.807) is 24.3 Å². The lowest BCUT2D eigenvalue weighted by Gasteiger charge is -2.12. The first-order valence-electron chi connectivity index (χ1n) is 6.94. The first-order valence-corrected chi connectivity index (χ1v) is 7.34. The van der Waals surface area contributed by atoms with Crippen molar-refractivity contribution in [2.45, 2.75) is 26.3 Å². The molecule has 0 bridgehead atoms. The third-order valence-corrected chi connectivity index (χ3v) is 3.51. The summed E-state index contributed by atoms with van der Waals surface area (Å²) in [4.78, 5) is 22.7. The Labute approximate surface area is 133 Å². The Hall–Kier alpha value is -2.28. The van der Waals surface area contributed by atoms with Crippen LogP contribution in [0.5, 0.6) is 0 Å². The number of nitrogens with one attached hydrogen (secondary N) is 2. The summed E-state index contributed by atoms with van der Waals surface area (Å²) in [6, 6.07) is 5.22. The summed E-state index contributed by atoms with van der Waals surface area (Å²) in [6.45, 7) is 3.94. The summed E-state index contributed by atoms with van der Waals surface area (Å²) in [6.07, 6.45) is 2.10. The fourth-order valence-electron chi connectivity index (χ4n) is 2.23. The monoisotopic (exact) mass is 319 g/mol. The van der Waals surface area contributed by atoms with Crippen molar-refractivity contribution in [3.8, 4) is 0 Å². The molecule has 1 aromatic rings. The summed E-state index contributed by atoms with van der Waals surface area (Å²) in [5.41, 5.74) is 1.90. The van der Waals surface area contributed by atoms with Gasteiger partial charge in [-0.25, -0.2) is 0 Å². The fourth-order valence-corrected chi connectivity index (χ4v) is 2.54. The second kappa shape index (κ2) is 6.65. The lowest BCUT2D eigenvalue weighted by molar-refractivity contribution is -0.375. The third-order valence-electron chi connectivity index (χ3n) is 3.25. The number of benzene rings is 1. The van der Waals surface area contributed by atoms with Crippen molar-refractivity contribution in [1.82, 2.24) is 10.6 Å². The van der Waals surface area contributed by atoms with Crippen LogP contribution in [0.15, 0.2) is 24.3 Å². The molecule has 0 spiro atoms. The van der Waals surface area contributed by atoms with E-state index < -0.39 is 4.92 Å². The first kappa shape index (κ1) is 16.1. The van der Waals surface area contributed by atoms with Crippen LogP contribution in [-0.2, 0) is 6.42 Å². The number of Topliss-reactive ketones (excluding diaryl/α,β-unsaturated/α-hetero) is 1. The van der Waals surface area contributed by atoms with Crippen molar-refractivity contribution < 1.29 is 9.72 Å². The van der Waals surface area contributed by atoms with Gasteiger partial charge in [0.2, 0.25) is 0 Å². The van der Waals surface area contributed by atoms with Crippen LogP contribution in [0.25, 0.3) is 5.70 Å². The molecule has 22 heavy (non-hydrogen) atoms. The first-order chi connectivity index (χ1) is 10.4. The maximum Gasteiger partial charge on any atom is 0.273 e. The van der Waals surface area contributed by atoms with Crippen molar-refractivity contribution >= 4 is 28.8 Å². The number of hydrogen-bond donors (Lipinski definition) is 2. The number of carbonyl (C=O) groups is 1. The van der Waals surface area contributed by atoms with Gasteiger partial charge < -0.3 is 10.6 Å². The zero-order chi connectivity index (χ0) is 16.3. The van der Waals surface area contributed by atoms with Crippen LogP contribution in [0.2, 0.25) is 0 Å². The van der Waals surface area contributed by atoms with Gasteiger partial charge >= 0.3 is 0 Å². The van der Waals surface area contributed by atoms with Crippen molar-refractivity contribution in [3.63, 3.8) is 0 Å². The summed E-state index contributed by atoms with van der Waals surface area (Å²) >= 11 is 5.06. The molecule has 0 heterocycles. The number of ketones is 1. The summed E-state index contributed by atoms with van der Waals surface area (Å²) < 4.78 is 0. The molecular weight excluding hydrogens is 302 g/mol. The second-order valence-electron chi connectivity index (χ2n) is 5.33. The van der Waals surface area contributed by atoms with E-state index in [2.05, 4.69) is 10.6 Å². The molecule has 1 aliphatic rings. The number of thiocarbonyl (C=S) groups is 1. The molecule has 6 nitrogen and oxygen atoms in total. The van der Waals surface area contributed by atoms with Crippen molar-refractivity contribution in [2.75, 3.05) is 6.54 Å². The largest absolute Gasteiger partial charge is 0.361 e. The Morgan fingerprint density at radius 1 is 1.45 bits per heavy atom. The van der Waals surface area contributed by atoms with E-state index in [4.69, 9.17) is 12.2 Å². The van der Waals surface area contributed by atoms with Crippen LogP contribution in [-0.4, -0.2) is 28.4 Å². The Morgan fingerprint density at radius 3 is 2.82 bits per heavy atom. The summed E-state index contributed by atoms with van der Waals surface area (Å²) in [7, 11) is 0. The number of fused-ring (bicyclic) bond motifs is 1. The maximum atomic E-state index is 12.2. The molecule has 2 N–H and O–H groups in total. The minimum absolute atomic E-state index is 0.0504. The number of rotatable bonds is 5. The van der Waals surface area contributed by atoms with Crippen LogP contribution < -0.4 is 10.6 Å². The number of carbonyl (C=O) groups excluding carboxylic acids is 1. The van der Waals surface area contributed by atoms with Crippen molar-refractivity contribution in [2.24, 2.45) is 0 Å². The zero-order valence-electron chi connectivity index (χ0n) is 12.4. The molecule has 116 valence electrons. The van der Waals surface area contributed by atoms with Gasteiger partial charge in [0.25, 0.3) is 5.70 Å². The molecule has 0 aliphatic heterocycles. The van der Waals surface area contributed by atoms with Crippen LogP contribution in [0.4, 0.5) is 0 Å². The highest BCUT2D eigenvalue weighted by Gasteiger charge is 2.24. The molecule has 2 rings (SSSR count). The molecule has 0 unspecified atom stereocenters. The van der Waals surface area contributed by atoms with Gasteiger partial charge in [0.15, 0.2) is 10.9 Å². The van der Waals surface area contributed by atoms with E-state index in [1.807, 2.05) is 13.8 Å². The van der Waals surface area contributed by atoms with Crippen LogP contribution in [0.1, 0.15) is 35.3 Å². The Kier molecular flexibility index (Phi) is 4.87. The van der Waals surface area contributed by atoms with E-state index in [-0.39, 0.29) is 24.1 Å². The van der Waals surface area contributed by atoms with Crippen molar-refractivity contribution in [3.05, 3.63) is 51.1 Å². The maximum absolute atomic E-state index is 12.2. The SMILES string of the molecule is CC(C)NC(=S)NCC(=O)c1ccc2c(c1)C([N+](=O)[O-])=CC2. The number of nitrogens with zero attached hydrogens (tertiary/aromatic N) is 1. The smallest absolute Gasteiger partial charge is 0.273 e. The highest BCUT2D eigenvalue weighted by Crippen LogP contribution is 2.28. The Balaban J connectivity index is 2.06. The van der Waals surface area contributed by atoms with Gasteiger partial charge in [-0.2, -0.15) is 0 Å². The van der Waals surface area contributed by atoms with Gasteiger partial charge in [-0.05, 0) is 50.2 Å². The molecule has 0 saturated carbocycles. The average molecular weight is 319 g/mol. The standard InChI is InChI=1S/C15H17N3O3S/c1-9(2)17-15(22)16-8-14(19)11-4-3-10-5-6-13(18(20)21)12(10)7-11/h3-4,6-7,9H,5,8H2,1-2H3,(H2,16,17,22). The molecule has 0 saturated heterocycles. The number of allylic oxidation sites excluding steroid dienone is 1. The van der Waals surface area contributed by atoms with E-state index in [0.717, 1.165) is 5.56 Å². The topological polar surface area (TPSA) is 84.3 Å². The molecule has 7 heteroatoms. The third kappa shape index (κ3) is 3.67. The van der Waals surface area contributed by atoms with Gasteiger partial charge in [0.1, 0.15) is 0 Å². The quantitative estimate of drug-likeness (QED) is 0.373. The molecule has 1 aromatic carbocycles. The Bertz CT molecular complexity index is 668. The lowest BCUT2D eigenvalue weighted by atomic mass is 10.0. The predicted molar refractivity (Wildman–Crippen MR) is 88.3 cm³/mol. The molecule has 1 aliphatic carbocycles. The molecule has 0 amide bonds. The summed E-state index contributed by atoms with van der Waals surface area (Å²) in [5.74, 6) is -0.162. The highest BCUT2D eigenvalue weighted by molar-refractivity contribution is 7.80. The van der Waals surface area contributed by atoms with E-state index in [0.29, 0.717) is 22.7 Å². The molecule has 0 atom stereocenters. The lowest BCUT2D eigenvalue weighted by Crippen LogP contribution is -2.41. The highest BCUT2D eigenvalue weighted by atomic mass is 32.1. The normalized spacial score (nSPS) is 12.6. The van der Waals surface area contributed by atoms with Crippen LogP contribution in [0, 0.1) is 10.1 Å². The van der Waals surface area contributed by atoms with Gasteiger partial charge in [-0.3, -0.25) is 14.9 Å². The van der Waals surface area contributed by atoms with Crippen molar-refractivity contribution in [1.29, 1.82) is 0 Å². The molecule has 0 fully saturated rings. The molecule has 0 aromatic heterocycles. The van der Waals surface area contributed by atoms with E-state index in [1.165, 1.54) is 0 Å². The molecular formula is C15H17N3O3S. The second-order valence-corrected chi connectivity index (χ2v) is 5.74. The van der Waals surface area contributed by atoms with E-state index >= 15 is 0 Å². The minimum Gasteiger partial charge on any atom is -0.361 e. The van der Waals surface area contributed by atoms with Crippen LogP contribution in [0.3, 0.4) is 0 Å². The zero-order valence-corrected chi connectivity index (χ0v) is 13.2. The Morgan fingerprint density at radius 2 is 2.18 bits per heavy atom. The minimum atomic E-state index is -0.417. The van der Waals surface area contributed by atoms with Gasteiger partial charge in [0, 0.05) is 11.6 Å². The number of nitro groups is 1. The van der Waals surface area contributed by atoms with Crippen LogP contribution >= 0.6 is 12.2 Å².